The van der Waals surface area contributed by atoms with Crippen LogP contribution < -0.4 is 0 Å². The number of thiophene rings is 1. The van der Waals surface area contributed by atoms with Crippen LogP contribution in [0.5, 0.6) is 0 Å². The van der Waals surface area contributed by atoms with E-state index in [4.69, 9.17) is 0 Å². The summed E-state index contributed by atoms with van der Waals surface area (Å²) in [6.07, 6.45) is 0.746. The van der Waals surface area contributed by atoms with Crippen LogP contribution in [-0.2, 0) is 11.2 Å². The molecule has 3 rings (SSSR count). The zero-order chi connectivity index (χ0) is 15.0. The van der Waals surface area contributed by atoms with Crippen LogP contribution in [0, 0.1) is 0 Å². The van der Waals surface area contributed by atoms with Crippen molar-refractivity contribution in [1.29, 1.82) is 0 Å². The predicted octanol–water partition coefficient (Wildman–Crippen LogP) is 1.10. The average molecular weight is 309 g/mol. The molecule has 6 nitrogen and oxygen atoms in total. The van der Waals surface area contributed by atoms with Crippen molar-refractivity contribution < 1.29 is 14.7 Å². The Kier molecular flexibility index (Phi) is 3.86. The molecule has 7 heteroatoms. The molecule has 1 aromatic rings. The summed E-state index contributed by atoms with van der Waals surface area (Å²) in [7, 11) is 2.03. The lowest BCUT2D eigenvalue weighted by molar-refractivity contribution is -0.143. The van der Waals surface area contributed by atoms with E-state index in [2.05, 4.69) is 4.90 Å². The standard InChI is InChI=1S/C14H19N3O3S/c1-15-5-7-16(8-6-15)14(20)17-4-2-11-10(3-9-21-11)12(17)13(18)19/h3,9,12H,2,4-8H2,1H3,(H,18,19). The molecule has 1 aromatic heterocycles. The second kappa shape index (κ2) is 5.65. The van der Waals surface area contributed by atoms with Gasteiger partial charge < -0.3 is 19.8 Å². The van der Waals surface area contributed by atoms with E-state index in [0.29, 0.717) is 19.6 Å². The van der Waals surface area contributed by atoms with Crippen molar-refractivity contribution in [2.24, 2.45) is 0 Å². The van der Waals surface area contributed by atoms with Gasteiger partial charge in [-0.25, -0.2) is 9.59 Å². The normalized spacial score (nSPS) is 23.0. The molecule has 1 unspecified atom stereocenters. The van der Waals surface area contributed by atoms with Crippen molar-refractivity contribution in [1.82, 2.24) is 14.7 Å². The molecule has 1 saturated heterocycles. The monoisotopic (exact) mass is 309 g/mol. The summed E-state index contributed by atoms with van der Waals surface area (Å²) in [4.78, 5) is 30.9. The molecule has 2 aliphatic heterocycles. The number of carboxylic acids is 1. The smallest absolute Gasteiger partial charge is 0.331 e. The highest BCUT2D eigenvalue weighted by Gasteiger charge is 2.38. The maximum Gasteiger partial charge on any atom is 0.331 e. The fourth-order valence-corrected chi connectivity index (χ4v) is 3.87. The summed E-state index contributed by atoms with van der Waals surface area (Å²) in [5.74, 6) is -0.947. The van der Waals surface area contributed by atoms with Gasteiger partial charge in [0.25, 0.3) is 0 Å². The Hall–Kier alpha value is -1.60. The quantitative estimate of drug-likeness (QED) is 0.844. The van der Waals surface area contributed by atoms with Crippen LogP contribution >= 0.6 is 11.3 Å². The van der Waals surface area contributed by atoms with E-state index < -0.39 is 12.0 Å². The number of hydrogen-bond acceptors (Lipinski definition) is 4. The van der Waals surface area contributed by atoms with Gasteiger partial charge >= 0.3 is 12.0 Å². The highest BCUT2D eigenvalue weighted by molar-refractivity contribution is 7.10. The van der Waals surface area contributed by atoms with E-state index in [1.807, 2.05) is 18.5 Å². The van der Waals surface area contributed by atoms with E-state index in [0.717, 1.165) is 30.0 Å². The molecule has 1 atom stereocenters. The van der Waals surface area contributed by atoms with Crippen LogP contribution in [0.15, 0.2) is 11.4 Å². The molecular weight excluding hydrogens is 290 g/mol. The van der Waals surface area contributed by atoms with Crippen molar-refractivity contribution in [3.05, 3.63) is 21.9 Å². The number of carbonyl (C=O) groups excluding carboxylic acids is 1. The molecule has 1 fully saturated rings. The van der Waals surface area contributed by atoms with Gasteiger partial charge in [0, 0.05) is 37.6 Å². The molecule has 0 spiro atoms. The lowest BCUT2D eigenvalue weighted by Gasteiger charge is -2.39. The first-order chi connectivity index (χ1) is 10.1. The van der Waals surface area contributed by atoms with Crippen LogP contribution in [-0.4, -0.2) is 71.6 Å². The van der Waals surface area contributed by atoms with Crippen molar-refractivity contribution in [2.45, 2.75) is 12.5 Å². The van der Waals surface area contributed by atoms with Crippen LogP contribution in [0.3, 0.4) is 0 Å². The number of likely N-dealkylation sites (N-methyl/N-ethyl adjacent to an activating group) is 1. The topological polar surface area (TPSA) is 64.1 Å². The summed E-state index contributed by atoms with van der Waals surface area (Å²) in [5, 5.41) is 11.5. The Balaban J connectivity index is 1.81. The number of nitrogens with zero attached hydrogens (tertiary/aromatic N) is 3. The first kappa shape index (κ1) is 14.3. The van der Waals surface area contributed by atoms with Gasteiger partial charge in [0.05, 0.1) is 0 Å². The first-order valence-corrected chi connectivity index (χ1v) is 7.99. The average Bonchev–Trinajstić information content (AvgIpc) is 2.94. The number of carbonyl (C=O) groups is 2. The van der Waals surface area contributed by atoms with Gasteiger partial charge in [0.2, 0.25) is 0 Å². The molecule has 21 heavy (non-hydrogen) atoms. The zero-order valence-electron chi connectivity index (χ0n) is 12.0. The third kappa shape index (κ3) is 2.63. The second-order valence-electron chi connectivity index (χ2n) is 5.56. The summed E-state index contributed by atoms with van der Waals surface area (Å²) in [6, 6.07) is 0.849. The second-order valence-corrected chi connectivity index (χ2v) is 6.56. The summed E-state index contributed by atoms with van der Waals surface area (Å²) in [5.41, 5.74) is 0.779. The number of piperazine rings is 1. The predicted molar refractivity (Wildman–Crippen MR) is 79.6 cm³/mol. The van der Waals surface area contributed by atoms with Gasteiger partial charge in [-0.1, -0.05) is 0 Å². The van der Waals surface area contributed by atoms with Gasteiger partial charge in [-0.05, 0) is 30.5 Å². The molecule has 0 saturated carbocycles. The number of hydrogen-bond donors (Lipinski definition) is 1. The minimum Gasteiger partial charge on any atom is -0.479 e. The Bertz CT molecular complexity index is 551. The van der Waals surface area contributed by atoms with Crippen LogP contribution in [0.25, 0.3) is 0 Å². The van der Waals surface area contributed by atoms with Gasteiger partial charge in [-0.2, -0.15) is 0 Å². The number of rotatable bonds is 1. The van der Waals surface area contributed by atoms with Gasteiger partial charge in [0.1, 0.15) is 0 Å². The van der Waals surface area contributed by atoms with Crippen molar-refractivity contribution in [3.8, 4) is 0 Å². The van der Waals surface area contributed by atoms with E-state index >= 15 is 0 Å². The SMILES string of the molecule is CN1CCN(C(=O)N2CCc3sccc3C2C(=O)O)CC1. The van der Waals surface area contributed by atoms with E-state index in [9.17, 15) is 14.7 Å². The largest absolute Gasteiger partial charge is 0.479 e. The molecule has 0 bridgehead atoms. The molecule has 0 radical (unpaired) electrons. The minimum atomic E-state index is -0.947. The number of amides is 2. The molecule has 2 amide bonds. The van der Waals surface area contributed by atoms with Gasteiger partial charge in [0.15, 0.2) is 6.04 Å². The third-order valence-corrected chi connectivity index (χ3v) is 5.22. The van der Waals surface area contributed by atoms with Gasteiger partial charge in [-0.3, -0.25) is 0 Å². The Morgan fingerprint density at radius 2 is 1.95 bits per heavy atom. The molecular formula is C14H19N3O3S. The van der Waals surface area contributed by atoms with Crippen LogP contribution in [0.2, 0.25) is 0 Å². The maximum absolute atomic E-state index is 12.7. The third-order valence-electron chi connectivity index (χ3n) is 4.22. The van der Waals surface area contributed by atoms with Crippen molar-refractivity contribution in [3.63, 3.8) is 0 Å². The Morgan fingerprint density at radius 1 is 1.24 bits per heavy atom. The van der Waals surface area contributed by atoms with Crippen LogP contribution in [0.4, 0.5) is 4.79 Å². The molecule has 2 aliphatic rings. The van der Waals surface area contributed by atoms with Gasteiger partial charge in [-0.15, -0.1) is 11.3 Å². The number of aliphatic carboxylic acids is 1. The molecule has 0 aromatic carbocycles. The molecule has 3 heterocycles. The lowest BCUT2D eigenvalue weighted by atomic mass is 10.0. The highest BCUT2D eigenvalue weighted by atomic mass is 32.1. The fourth-order valence-electron chi connectivity index (χ4n) is 2.97. The van der Waals surface area contributed by atoms with E-state index in [1.54, 1.807) is 16.2 Å². The van der Waals surface area contributed by atoms with E-state index in [-0.39, 0.29) is 6.03 Å². The molecule has 0 aliphatic carbocycles. The highest BCUT2D eigenvalue weighted by Crippen LogP contribution is 2.34. The van der Waals surface area contributed by atoms with Crippen molar-refractivity contribution >= 4 is 23.3 Å². The fraction of sp³-hybridized carbons (Fsp3) is 0.571. The van der Waals surface area contributed by atoms with E-state index in [1.165, 1.54) is 4.90 Å². The Labute approximate surface area is 127 Å². The Morgan fingerprint density at radius 3 is 2.62 bits per heavy atom. The summed E-state index contributed by atoms with van der Waals surface area (Å²) < 4.78 is 0. The van der Waals surface area contributed by atoms with Crippen LogP contribution in [0.1, 0.15) is 16.5 Å². The molecule has 1 N–H and O–H groups in total. The number of fused-ring (bicyclic) bond motifs is 1. The lowest BCUT2D eigenvalue weighted by Crippen LogP contribution is -2.54. The summed E-state index contributed by atoms with van der Waals surface area (Å²) >= 11 is 1.57. The first-order valence-electron chi connectivity index (χ1n) is 7.11. The zero-order valence-corrected chi connectivity index (χ0v) is 12.8. The molecule has 114 valence electrons. The maximum atomic E-state index is 12.7. The summed E-state index contributed by atoms with van der Waals surface area (Å²) in [6.45, 7) is 3.47. The van der Waals surface area contributed by atoms with Crippen molar-refractivity contribution in [2.75, 3.05) is 39.8 Å². The number of urea groups is 1. The number of carboxylic acid groups (broad SMARTS) is 1. The minimum absolute atomic E-state index is 0.146.